The number of ether oxygens (including phenoxy) is 1. The van der Waals surface area contributed by atoms with E-state index in [4.69, 9.17) is 4.74 Å². The molecule has 2 heteroatoms. The molecular weight excluding hydrogens is 323 g/mol. The van der Waals surface area contributed by atoms with Crippen LogP contribution in [-0.4, -0.2) is 7.11 Å². The summed E-state index contributed by atoms with van der Waals surface area (Å²) >= 11 is 0. The first-order valence-electron chi connectivity index (χ1n) is 8.34. The SMILES string of the molecule is COc1cccc2cc(P(c3ccccc3)c3ccccc3)ccc12. The average molecular weight is 342 g/mol. The highest BCUT2D eigenvalue weighted by atomic mass is 31.1. The fourth-order valence-electron chi connectivity index (χ4n) is 3.16. The minimum Gasteiger partial charge on any atom is -0.496 e. The predicted molar refractivity (Wildman–Crippen MR) is 109 cm³/mol. The number of benzene rings is 4. The molecule has 0 fully saturated rings. The van der Waals surface area contributed by atoms with Crippen molar-refractivity contribution in [3.8, 4) is 5.75 Å². The van der Waals surface area contributed by atoms with Crippen LogP contribution in [0.5, 0.6) is 5.75 Å². The third kappa shape index (κ3) is 3.16. The first-order valence-corrected chi connectivity index (χ1v) is 9.68. The van der Waals surface area contributed by atoms with Gasteiger partial charge >= 0.3 is 0 Å². The summed E-state index contributed by atoms with van der Waals surface area (Å²) < 4.78 is 5.50. The molecule has 0 aliphatic rings. The standard InChI is InChI=1S/C23H19OP/c1-24-23-14-8-9-18-17-21(15-16-22(18)23)25(19-10-4-2-5-11-19)20-12-6-3-7-13-20/h2-17H,1H3. The minimum atomic E-state index is -0.574. The average Bonchev–Trinajstić information content (AvgIpc) is 2.69. The van der Waals surface area contributed by atoms with E-state index < -0.39 is 7.92 Å². The van der Waals surface area contributed by atoms with Crippen LogP contribution in [-0.2, 0) is 0 Å². The molecule has 1 nitrogen and oxygen atoms in total. The zero-order valence-electron chi connectivity index (χ0n) is 14.1. The zero-order valence-corrected chi connectivity index (χ0v) is 15.0. The van der Waals surface area contributed by atoms with Crippen LogP contribution >= 0.6 is 7.92 Å². The molecule has 0 saturated heterocycles. The van der Waals surface area contributed by atoms with Crippen LogP contribution in [0.4, 0.5) is 0 Å². The van der Waals surface area contributed by atoms with Gasteiger partial charge in [0.1, 0.15) is 5.75 Å². The lowest BCUT2D eigenvalue weighted by Crippen LogP contribution is -2.20. The molecule has 4 aromatic carbocycles. The Balaban J connectivity index is 1.89. The van der Waals surface area contributed by atoms with Gasteiger partial charge in [0.2, 0.25) is 0 Å². The van der Waals surface area contributed by atoms with E-state index in [9.17, 15) is 0 Å². The van der Waals surface area contributed by atoms with Crippen LogP contribution in [0.25, 0.3) is 10.8 Å². The van der Waals surface area contributed by atoms with E-state index in [0.717, 1.165) is 11.1 Å². The Hall–Kier alpha value is -2.63. The number of rotatable bonds is 4. The van der Waals surface area contributed by atoms with Gasteiger partial charge in [-0.05, 0) is 47.4 Å². The van der Waals surface area contributed by atoms with Crippen molar-refractivity contribution in [2.45, 2.75) is 0 Å². The van der Waals surface area contributed by atoms with E-state index in [2.05, 4.69) is 91.0 Å². The van der Waals surface area contributed by atoms with Gasteiger partial charge in [0.25, 0.3) is 0 Å². The van der Waals surface area contributed by atoms with Gasteiger partial charge in [-0.25, -0.2) is 0 Å². The van der Waals surface area contributed by atoms with Crippen LogP contribution in [0.15, 0.2) is 97.1 Å². The maximum Gasteiger partial charge on any atom is 0.126 e. The quantitative estimate of drug-likeness (QED) is 0.492. The minimum absolute atomic E-state index is 0.574. The van der Waals surface area contributed by atoms with Gasteiger partial charge in [-0.3, -0.25) is 0 Å². The van der Waals surface area contributed by atoms with Crippen LogP contribution in [0.2, 0.25) is 0 Å². The Morgan fingerprint density at radius 3 is 1.84 bits per heavy atom. The molecule has 0 bridgehead atoms. The molecule has 25 heavy (non-hydrogen) atoms. The van der Waals surface area contributed by atoms with Crippen LogP contribution in [0.1, 0.15) is 0 Å². The summed E-state index contributed by atoms with van der Waals surface area (Å²) in [5.74, 6) is 0.924. The summed E-state index contributed by atoms with van der Waals surface area (Å²) in [6.45, 7) is 0. The molecule has 4 aromatic rings. The highest BCUT2D eigenvalue weighted by Gasteiger charge is 2.16. The summed E-state index contributed by atoms with van der Waals surface area (Å²) in [4.78, 5) is 0. The highest BCUT2D eigenvalue weighted by Crippen LogP contribution is 2.35. The number of hydrogen-bond donors (Lipinski definition) is 0. The Labute approximate surface area is 149 Å². The van der Waals surface area contributed by atoms with E-state index in [1.807, 2.05) is 6.07 Å². The Morgan fingerprint density at radius 2 is 1.24 bits per heavy atom. The largest absolute Gasteiger partial charge is 0.496 e. The van der Waals surface area contributed by atoms with Gasteiger partial charge in [0.15, 0.2) is 0 Å². The van der Waals surface area contributed by atoms with E-state index >= 15 is 0 Å². The van der Waals surface area contributed by atoms with E-state index in [1.54, 1.807) is 7.11 Å². The Kier molecular flexibility index (Phi) is 4.50. The molecule has 0 heterocycles. The molecule has 0 radical (unpaired) electrons. The maximum atomic E-state index is 5.50. The monoisotopic (exact) mass is 342 g/mol. The summed E-state index contributed by atoms with van der Waals surface area (Å²) in [6, 6.07) is 34.5. The van der Waals surface area contributed by atoms with Crippen molar-refractivity contribution >= 4 is 34.6 Å². The van der Waals surface area contributed by atoms with Crippen molar-refractivity contribution in [3.63, 3.8) is 0 Å². The molecule has 0 aliphatic heterocycles. The summed E-state index contributed by atoms with van der Waals surface area (Å²) in [5, 5.41) is 6.46. The van der Waals surface area contributed by atoms with E-state index in [0.29, 0.717) is 0 Å². The molecular formula is C23H19OP. The van der Waals surface area contributed by atoms with E-state index in [-0.39, 0.29) is 0 Å². The van der Waals surface area contributed by atoms with Gasteiger partial charge < -0.3 is 4.74 Å². The van der Waals surface area contributed by atoms with Gasteiger partial charge in [0, 0.05) is 5.39 Å². The fourth-order valence-corrected chi connectivity index (χ4v) is 5.49. The van der Waals surface area contributed by atoms with E-state index in [1.165, 1.54) is 21.3 Å². The third-order valence-corrected chi connectivity index (χ3v) is 6.75. The lowest BCUT2D eigenvalue weighted by molar-refractivity contribution is 0.420. The van der Waals surface area contributed by atoms with Gasteiger partial charge in [-0.2, -0.15) is 0 Å². The second-order valence-electron chi connectivity index (χ2n) is 5.87. The predicted octanol–water partition coefficient (Wildman–Crippen LogP) is 4.61. The number of methoxy groups -OCH3 is 1. The first kappa shape index (κ1) is 15.9. The van der Waals surface area contributed by atoms with Crippen LogP contribution in [0, 0.1) is 0 Å². The Bertz CT molecular complexity index is 941. The Morgan fingerprint density at radius 1 is 0.600 bits per heavy atom. The lowest BCUT2D eigenvalue weighted by atomic mass is 10.1. The van der Waals surface area contributed by atoms with Crippen molar-refractivity contribution in [3.05, 3.63) is 97.1 Å². The smallest absolute Gasteiger partial charge is 0.126 e. The molecule has 0 aliphatic carbocycles. The number of fused-ring (bicyclic) bond motifs is 1. The van der Waals surface area contributed by atoms with Crippen molar-refractivity contribution in [1.82, 2.24) is 0 Å². The maximum absolute atomic E-state index is 5.50. The summed E-state index contributed by atoms with van der Waals surface area (Å²) in [6.07, 6.45) is 0. The second-order valence-corrected chi connectivity index (χ2v) is 8.09. The van der Waals surface area contributed by atoms with Crippen LogP contribution in [0.3, 0.4) is 0 Å². The summed E-state index contributed by atoms with van der Waals surface area (Å²) in [7, 11) is 1.15. The third-order valence-electron chi connectivity index (χ3n) is 4.33. The molecule has 0 spiro atoms. The van der Waals surface area contributed by atoms with Crippen molar-refractivity contribution in [2.75, 3.05) is 7.11 Å². The first-order chi connectivity index (χ1) is 12.4. The topological polar surface area (TPSA) is 9.23 Å². The molecule has 0 unspecified atom stereocenters. The molecule has 122 valence electrons. The number of hydrogen-bond acceptors (Lipinski definition) is 1. The molecule has 4 rings (SSSR count). The molecule has 0 amide bonds. The highest BCUT2D eigenvalue weighted by molar-refractivity contribution is 7.79. The molecule has 0 N–H and O–H groups in total. The lowest BCUT2D eigenvalue weighted by Gasteiger charge is -2.20. The van der Waals surface area contributed by atoms with Gasteiger partial charge in [-0.15, -0.1) is 0 Å². The molecule has 0 atom stereocenters. The second kappa shape index (κ2) is 7.09. The molecule has 0 saturated carbocycles. The normalized spacial score (nSPS) is 11.0. The van der Waals surface area contributed by atoms with Gasteiger partial charge in [0.05, 0.1) is 7.11 Å². The van der Waals surface area contributed by atoms with Crippen molar-refractivity contribution in [2.24, 2.45) is 0 Å². The van der Waals surface area contributed by atoms with Crippen LogP contribution < -0.4 is 20.7 Å². The zero-order chi connectivity index (χ0) is 17.1. The van der Waals surface area contributed by atoms with Gasteiger partial charge in [-0.1, -0.05) is 78.9 Å². The fraction of sp³-hybridized carbons (Fsp3) is 0.0435. The van der Waals surface area contributed by atoms with Crippen molar-refractivity contribution < 1.29 is 4.74 Å². The summed E-state index contributed by atoms with van der Waals surface area (Å²) in [5.41, 5.74) is 0. The molecule has 0 aromatic heterocycles. The van der Waals surface area contributed by atoms with Crippen molar-refractivity contribution in [1.29, 1.82) is 0 Å².